The van der Waals surface area contributed by atoms with Crippen molar-refractivity contribution in [2.75, 3.05) is 0 Å². The Kier molecular flexibility index (Phi) is 4.53. The van der Waals surface area contributed by atoms with Crippen molar-refractivity contribution in [1.29, 1.82) is 0 Å². The number of nitrogens with zero attached hydrogens (tertiary/aromatic N) is 2. The average molecular weight is 299 g/mol. The highest BCUT2D eigenvalue weighted by atomic mass is 32.2. The highest BCUT2D eigenvalue weighted by Crippen LogP contribution is 2.14. The number of rotatable bonds is 7. The van der Waals surface area contributed by atoms with E-state index < -0.39 is 10.0 Å². The van der Waals surface area contributed by atoms with Crippen LogP contribution in [0.5, 0.6) is 0 Å². The van der Waals surface area contributed by atoms with Crippen molar-refractivity contribution in [1.82, 2.24) is 25.2 Å². The predicted octanol–water partition coefficient (Wildman–Crippen LogP) is 0.374. The first-order valence-corrected chi connectivity index (χ1v) is 7.61. The summed E-state index contributed by atoms with van der Waals surface area (Å²) in [5, 5.41) is 9.24. The van der Waals surface area contributed by atoms with Crippen LogP contribution in [-0.4, -0.2) is 29.6 Å². The highest BCUT2D eigenvalue weighted by Gasteiger charge is 2.19. The van der Waals surface area contributed by atoms with Crippen molar-refractivity contribution < 1.29 is 12.8 Å². The monoisotopic (exact) mass is 299 g/mol. The van der Waals surface area contributed by atoms with Gasteiger partial charge in [0.25, 0.3) is 10.0 Å². The third-order valence-electron chi connectivity index (χ3n) is 2.48. The zero-order valence-corrected chi connectivity index (χ0v) is 12.1. The van der Waals surface area contributed by atoms with Gasteiger partial charge in [-0.1, -0.05) is 13.8 Å². The maximum absolute atomic E-state index is 12.0. The van der Waals surface area contributed by atoms with E-state index in [1.165, 1.54) is 12.4 Å². The van der Waals surface area contributed by atoms with E-state index in [-0.39, 0.29) is 11.6 Å². The third-order valence-corrected chi connectivity index (χ3v) is 3.75. The Labute approximate surface area is 117 Å². The van der Waals surface area contributed by atoms with E-state index in [9.17, 15) is 8.42 Å². The van der Waals surface area contributed by atoms with Crippen LogP contribution in [-0.2, 0) is 23.1 Å². The molecular formula is C11H17N5O3S. The Hall–Kier alpha value is -1.71. The molecule has 0 saturated carbocycles. The summed E-state index contributed by atoms with van der Waals surface area (Å²) in [6.45, 7) is 4.51. The fraction of sp³-hybridized carbons (Fsp3) is 0.455. The molecular weight excluding hydrogens is 282 g/mol. The van der Waals surface area contributed by atoms with Gasteiger partial charge in [0.2, 0.25) is 5.09 Å². The van der Waals surface area contributed by atoms with E-state index >= 15 is 0 Å². The maximum Gasteiger partial charge on any atom is 0.274 e. The van der Waals surface area contributed by atoms with Crippen molar-refractivity contribution in [3.05, 3.63) is 30.0 Å². The fourth-order valence-electron chi connectivity index (χ4n) is 1.45. The second-order valence-corrected chi connectivity index (χ2v) is 6.21. The minimum Gasteiger partial charge on any atom is -0.447 e. The van der Waals surface area contributed by atoms with E-state index in [0.717, 1.165) is 0 Å². The summed E-state index contributed by atoms with van der Waals surface area (Å²) in [7, 11) is -3.69. The van der Waals surface area contributed by atoms with Crippen molar-refractivity contribution in [2.24, 2.45) is 0 Å². The van der Waals surface area contributed by atoms with Crippen LogP contribution in [0.15, 0.2) is 28.0 Å². The fourth-order valence-corrected chi connectivity index (χ4v) is 2.39. The molecule has 8 nitrogen and oxygen atoms in total. The minimum atomic E-state index is -3.69. The van der Waals surface area contributed by atoms with Gasteiger partial charge in [0.05, 0.1) is 13.1 Å². The molecule has 0 atom stereocenters. The van der Waals surface area contributed by atoms with Crippen LogP contribution in [0.4, 0.5) is 0 Å². The van der Waals surface area contributed by atoms with Gasteiger partial charge in [0.15, 0.2) is 0 Å². The Bertz CT molecular complexity index is 633. The van der Waals surface area contributed by atoms with Gasteiger partial charge in [-0.25, -0.2) is 18.1 Å². The average Bonchev–Trinajstić information content (AvgIpc) is 3.05. The van der Waals surface area contributed by atoms with Crippen LogP contribution in [0, 0.1) is 0 Å². The van der Waals surface area contributed by atoms with Gasteiger partial charge in [-0.2, -0.15) is 5.10 Å². The molecule has 0 amide bonds. The minimum absolute atomic E-state index is 0.0304. The molecule has 9 heteroatoms. The zero-order chi connectivity index (χ0) is 14.6. The van der Waals surface area contributed by atoms with Crippen LogP contribution in [0.3, 0.4) is 0 Å². The number of nitrogens with one attached hydrogen (secondary N) is 3. The Morgan fingerprint density at radius 3 is 2.80 bits per heavy atom. The highest BCUT2D eigenvalue weighted by molar-refractivity contribution is 7.89. The number of hydrogen-bond donors (Lipinski definition) is 3. The van der Waals surface area contributed by atoms with Gasteiger partial charge < -0.3 is 9.73 Å². The van der Waals surface area contributed by atoms with Crippen LogP contribution < -0.4 is 10.0 Å². The summed E-state index contributed by atoms with van der Waals surface area (Å²) in [5.74, 6) is 1.00. The van der Waals surface area contributed by atoms with Gasteiger partial charge in [-0.3, -0.25) is 5.10 Å². The molecule has 0 aliphatic rings. The summed E-state index contributed by atoms with van der Waals surface area (Å²) in [5.41, 5.74) is 0. The molecule has 0 aliphatic heterocycles. The number of H-pyrrole nitrogens is 1. The molecule has 20 heavy (non-hydrogen) atoms. The Balaban J connectivity index is 1.98. The summed E-state index contributed by atoms with van der Waals surface area (Å²) in [4.78, 5) is 3.83. The summed E-state index contributed by atoms with van der Waals surface area (Å²) in [6.07, 6.45) is 1.31. The van der Waals surface area contributed by atoms with Crippen LogP contribution in [0.2, 0.25) is 0 Å². The second-order valence-electron chi connectivity index (χ2n) is 4.51. The van der Waals surface area contributed by atoms with E-state index in [4.69, 9.17) is 4.42 Å². The summed E-state index contributed by atoms with van der Waals surface area (Å²) in [6, 6.07) is 3.36. The van der Waals surface area contributed by atoms with E-state index in [2.05, 4.69) is 25.2 Å². The van der Waals surface area contributed by atoms with Crippen molar-refractivity contribution >= 4 is 10.0 Å². The lowest BCUT2D eigenvalue weighted by atomic mass is 10.3. The standard InChI is InChI=1S/C11H17N5O3S/c1-8(2)12-5-9-3-4-11(19-9)20(17,18)15-6-10-13-7-14-16-10/h3-4,7-8,12,15H,5-6H2,1-2H3,(H,13,14,16). The van der Waals surface area contributed by atoms with Crippen LogP contribution >= 0.6 is 0 Å². The molecule has 110 valence electrons. The van der Waals surface area contributed by atoms with Crippen molar-refractivity contribution in [3.8, 4) is 0 Å². The Morgan fingerprint density at radius 1 is 1.35 bits per heavy atom. The van der Waals surface area contributed by atoms with Crippen LogP contribution in [0.25, 0.3) is 0 Å². The van der Waals surface area contributed by atoms with Crippen LogP contribution in [0.1, 0.15) is 25.4 Å². The van der Waals surface area contributed by atoms with Gasteiger partial charge in [-0.05, 0) is 12.1 Å². The molecule has 0 aliphatic carbocycles. The van der Waals surface area contributed by atoms with E-state index in [1.807, 2.05) is 13.8 Å². The predicted molar refractivity (Wildman–Crippen MR) is 71.1 cm³/mol. The normalized spacial score (nSPS) is 12.2. The molecule has 0 saturated heterocycles. The van der Waals surface area contributed by atoms with Gasteiger partial charge >= 0.3 is 0 Å². The topological polar surface area (TPSA) is 113 Å². The third kappa shape index (κ3) is 3.89. The summed E-state index contributed by atoms with van der Waals surface area (Å²) < 4.78 is 31.7. The second kappa shape index (κ2) is 6.16. The lowest BCUT2D eigenvalue weighted by molar-refractivity contribution is 0.393. The molecule has 0 fully saturated rings. The molecule has 0 radical (unpaired) electrons. The van der Waals surface area contributed by atoms with Crippen molar-refractivity contribution in [2.45, 2.75) is 38.1 Å². The molecule has 0 spiro atoms. The smallest absolute Gasteiger partial charge is 0.274 e. The van der Waals surface area contributed by atoms with E-state index in [1.54, 1.807) is 6.07 Å². The van der Waals surface area contributed by atoms with Gasteiger partial charge in [-0.15, -0.1) is 0 Å². The molecule has 0 unspecified atom stereocenters. The molecule has 2 heterocycles. The molecule has 0 aromatic carbocycles. The molecule has 0 bridgehead atoms. The number of aromatic amines is 1. The van der Waals surface area contributed by atoms with Crippen molar-refractivity contribution in [3.63, 3.8) is 0 Å². The maximum atomic E-state index is 12.0. The lowest BCUT2D eigenvalue weighted by Crippen LogP contribution is -2.23. The SMILES string of the molecule is CC(C)NCc1ccc(S(=O)(=O)NCc2ncn[nH]2)o1. The largest absolute Gasteiger partial charge is 0.447 e. The van der Waals surface area contributed by atoms with Gasteiger partial charge in [0, 0.05) is 6.04 Å². The number of sulfonamides is 1. The quantitative estimate of drug-likeness (QED) is 0.681. The first kappa shape index (κ1) is 14.7. The zero-order valence-electron chi connectivity index (χ0n) is 11.3. The first-order valence-electron chi connectivity index (χ1n) is 6.13. The lowest BCUT2D eigenvalue weighted by Gasteiger charge is -2.05. The number of aromatic nitrogens is 3. The molecule has 2 aromatic rings. The Morgan fingerprint density at radius 2 is 2.15 bits per heavy atom. The molecule has 3 N–H and O–H groups in total. The van der Waals surface area contributed by atoms with E-state index in [0.29, 0.717) is 24.2 Å². The van der Waals surface area contributed by atoms with Gasteiger partial charge in [0.1, 0.15) is 17.9 Å². The number of hydrogen-bond acceptors (Lipinski definition) is 6. The molecule has 2 aromatic heterocycles. The summed E-state index contributed by atoms with van der Waals surface area (Å²) >= 11 is 0. The molecule has 2 rings (SSSR count). The number of furan rings is 1. The first-order chi connectivity index (χ1) is 9.47.